The molecule has 0 fully saturated rings. The highest BCUT2D eigenvalue weighted by Crippen LogP contribution is 2.23. The largest absolute Gasteiger partial charge is 0.493 e. The van der Waals surface area contributed by atoms with Gasteiger partial charge in [-0.05, 0) is 33.6 Å². The van der Waals surface area contributed by atoms with Crippen molar-refractivity contribution in [2.45, 2.75) is 5.92 Å². The lowest BCUT2D eigenvalue weighted by Gasteiger charge is -2.15. The van der Waals surface area contributed by atoms with Crippen LogP contribution in [0.5, 0.6) is 5.75 Å². The summed E-state index contributed by atoms with van der Waals surface area (Å²) in [6.07, 6.45) is 0. The predicted molar refractivity (Wildman–Crippen MR) is 82.6 cm³/mol. The maximum Gasteiger partial charge on any atom is 0.141 e. The number of benzene rings is 2. The number of hydrogen-bond acceptors (Lipinski definition) is 1. The van der Waals surface area contributed by atoms with E-state index in [0.29, 0.717) is 16.8 Å². The van der Waals surface area contributed by atoms with E-state index in [0.717, 1.165) is 5.33 Å². The molecule has 100 valence electrons. The molecule has 0 spiro atoms. The van der Waals surface area contributed by atoms with Crippen LogP contribution in [-0.4, -0.2) is 11.9 Å². The molecule has 2 rings (SSSR count). The van der Waals surface area contributed by atoms with Gasteiger partial charge in [0.15, 0.2) is 0 Å². The van der Waals surface area contributed by atoms with Crippen LogP contribution in [0.3, 0.4) is 0 Å². The third-order valence-corrected chi connectivity index (χ3v) is 4.22. The fourth-order valence-corrected chi connectivity index (χ4v) is 2.53. The zero-order chi connectivity index (χ0) is 13.7. The van der Waals surface area contributed by atoms with E-state index in [9.17, 15) is 4.39 Å². The van der Waals surface area contributed by atoms with Crippen molar-refractivity contribution >= 4 is 31.9 Å². The van der Waals surface area contributed by atoms with Crippen molar-refractivity contribution in [3.8, 4) is 5.75 Å². The Morgan fingerprint density at radius 2 is 1.84 bits per heavy atom. The Morgan fingerprint density at radius 3 is 2.47 bits per heavy atom. The van der Waals surface area contributed by atoms with E-state index in [1.807, 2.05) is 18.2 Å². The zero-order valence-electron chi connectivity index (χ0n) is 10.2. The summed E-state index contributed by atoms with van der Waals surface area (Å²) in [6, 6.07) is 14.9. The van der Waals surface area contributed by atoms with Crippen molar-refractivity contribution < 1.29 is 9.13 Å². The number of hydrogen-bond donors (Lipinski definition) is 0. The SMILES string of the molecule is Fc1cc(OCC(CBr)c2ccccc2)ccc1Br. The van der Waals surface area contributed by atoms with E-state index in [1.54, 1.807) is 12.1 Å². The molecule has 0 saturated carbocycles. The highest BCUT2D eigenvalue weighted by molar-refractivity contribution is 9.10. The molecule has 0 radical (unpaired) electrons. The molecule has 2 aromatic rings. The maximum absolute atomic E-state index is 13.4. The van der Waals surface area contributed by atoms with Gasteiger partial charge in [0.05, 0.1) is 11.1 Å². The van der Waals surface area contributed by atoms with E-state index < -0.39 is 0 Å². The van der Waals surface area contributed by atoms with Gasteiger partial charge in [0.1, 0.15) is 11.6 Å². The average Bonchev–Trinajstić information content (AvgIpc) is 2.44. The van der Waals surface area contributed by atoms with Crippen LogP contribution in [0.1, 0.15) is 11.5 Å². The number of ether oxygens (including phenoxy) is 1. The summed E-state index contributed by atoms with van der Waals surface area (Å²) in [5.41, 5.74) is 1.21. The lowest BCUT2D eigenvalue weighted by molar-refractivity contribution is 0.296. The Labute approximate surface area is 129 Å². The second-order valence-corrected chi connectivity index (χ2v) is 5.65. The molecule has 0 heterocycles. The van der Waals surface area contributed by atoms with Gasteiger partial charge in [-0.2, -0.15) is 0 Å². The Bertz CT molecular complexity index is 531. The smallest absolute Gasteiger partial charge is 0.141 e. The van der Waals surface area contributed by atoms with Gasteiger partial charge in [0.25, 0.3) is 0 Å². The molecule has 1 nitrogen and oxygen atoms in total. The Balaban J connectivity index is 2.02. The minimum absolute atomic E-state index is 0.243. The zero-order valence-corrected chi connectivity index (χ0v) is 13.3. The first-order valence-electron chi connectivity index (χ1n) is 5.89. The van der Waals surface area contributed by atoms with Crippen LogP contribution in [0.15, 0.2) is 53.0 Å². The summed E-state index contributed by atoms with van der Waals surface area (Å²) < 4.78 is 19.5. The molecular weight excluding hydrogens is 375 g/mol. The van der Waals surface area contributed by atoms with Crippen LogP contribution in [0.25, 0.3) is 0 Å². The topological polar surface area (TPSA) is 9.23 Å². The molecule has 1 unspecified atom stereocenters. The number of rotatable bonds is 5. The maximum atomic E-state index is 13.4. The summed E-state index contributed by atoms with van der Waals surface area (Å²) >= 11 is 6.61. The Morgan fingerprint density at radius 1 is 1.11 bits per heavy atom. The van der Waals surface area contributed by atoms with Crippen LogP contribution >= 0.6 is 31.9 Å². The van der Waals surface area contributed by atoms with E-state index in [2.05, 4.69) is 44.0 Å². The van der Waals surface area contributed by atoms with Gasteiger partial charge < -0.3 is 4.74 Å². The molecule has 0 bridgehead atoms. The lowest BCUT2D eigenvalue weighted by Crippen LogP contribution is -2.11. The number of alkyl halides is 1. The van der Waals surface area contributed by atoms with E-state index in [-0.39, 0.29) is 11.7 Å². The molecule has 0 aliphatic carbocycles. The van der Waals surface area contributed by atoms with Gasteiger partial charge in [0, 0.05) is 17.3 Å². The van der Waals surface area contributed by atoms with E-state index >= 15 is 0 Å². The van der Waals surface area contributed by atoms with Crippen LogP contribution < -0.4 is 4.74 Å². The highest BCUT2D eigenvalue weighted by Gasteiger charge is 2.11. The second kappa shape index (κ2) is 7.06. The van der Waals surface area contributed by atoms with Crippen LogP contribution in [0.2, 0.25) is 0 Å². The lowest BCUT2D eigenvalue weighted by atomic mass is 10.0. The molecule has 4 heteroatoms. The van der Waals surface area contributed by atoms with Crippen LogP contribution in [-0.2, 0) is 0 Å². The standard InChI is InChI=1S/C15H13Br2FO/c16-9-12(11-4-2-1-3-5-11)10-19-13-6-7-14(17)15(18)8-13/h1-8,12H,9-10H2. The second-order valence-electron chi connectivity index (χ2n) is 4.15. The predicted octanol–water partition coefficient (Wildman–Crippen LogP) is 5.15. The summed E-state index contributed by atoms with van der Waals surface area (Å²) in [6.45, 7) is 0.510. The molecule has 0 saturated heterocycles. The van der Waals surface area contributed by atoms with Gasteiger partial charge in [-0.15, -0.1) is 0 Å². The normalized spacial score (nSPS) is 12.2. The van der Waals surface area contributed by atoms with Crippen molar-refractivity contribution in [3.63, 3.8) is 0 Å². The van der Waals surface area contributed by atoms with Crippen molar-refractivity contribution in [1.29, 1.82) is 0 Å². The van der Waals surface area contributed by atoms with Gasteiger partial charge in [-0.3, -0.25) is 0 Å². The summed E-state index contributed by atoms with van der Waals surface area (Å²) in [5, 5.41) is 0.802. The third kappa shape index (κ3) is 4.05. The van der Waals surface area contributed by atoms with Crippen molar-refractivity contribution in [2.24, 2.45) is 0 Å². The van der Waals surface area contributed by atoms with Crippen LogP contribution in [0, 0.1) is 5.82 Å². The summed E-state index contributed by atoms with van der Waals surface area (Å²) in [5.74, 6) is 0.475. The molecule has 0 N–H and O–H groups in total. The molecular formula is C15H13Br2FO. The molecule has 0 aromatic heterocycles. The first-order chi connectivity index (χ1) is 9.20. The first-order valence-corrected chi connectivity index (χ1v) is 7.81. The van der Waals surface area contributed by atoms with Crippen molar-refractivity contribution in [2.75, 3.05) is 11.9 Å². The average molecular weight is 388 g/mol. The minimum Gasteiger partial charge on any atom is -0.493 e. The van der Waals surface area contributed by atoms with Crippen molar-refractivity contribution in [1.82, 2.24) is 0 Å². The monoisotopic (exact) mass is 386 g/mol. The van der Waals surface area contributed by atoms with Crippen LogP contribution in [0.4, 0.5) is 4.39 Å². The molecule has 0 aliphatic rings. The molecule has 2 aromatic carbocycles. The van der Waals surface area contributed by atoms with Gasteiger partial charge in [0.2, 0.25) is 0 Å². The van der Waals surface area contributed by atoms with Gasteiger partial charge >= 0.3 is 0 Å². The fourth-order valence-electron chi connectivity index (χ4n) is 1.72. The molecule has 0 aliphatic heterocycles. The van der Waals surface area contributed by atoms with Gasteiger partial charge in [-0.1, -0.05) is 46.3 Å². The first kappa shape index (κ1) is 14.5. The molecule has 19 heavy (non-hydrogen) atoms. The quantitative estimate of drug-likeness (QED) is 0.645. The van der Waals surface area contributed by atoms with Crippen molar-refractivity contribution in [3.05, 3.63) is 64.4 Å². The fraction of sp³-hybridized carbons (Fsp3) is 0.200. The van der Waals surface area contributed by atoms with Gasteiger partial charge in [-0.25, -0.2) is 4.39 Å². The Kier molecular flexibility index (Phi) is 5.40. The van der Waals surface area contributed by atoms with E-state index in [4.69, 9.17) is 4.74 Å². The Hall–Kier alpha value is -0.870. The number of halogens is 3. The molecule has 1 atom stereocenters. The van der Waals surface area contributed by atoms with E-state index in [1.165, 1.54) is 11.6 Å². The molecule has 0 amide bonds. The highest BCUT2D eigenvalue weighted by atomic mass is 79.9. The third-order valence-electron chi connectivity index (χ3n) is 2.80. The summed E-state index contributed by atoms with van der Waals surface area (Å²) in [7, 11) is 0. The summed E-state index contributed by atoms with van der Waals surface area (Å²) in [4.78, 5) is 0. The minimum atomic E-state index is -0.312.